The Hall–Kier alpha value is -3.35. The lowest BCUT2D eigenvalue weighted by Crippen LogP contribution is -2.44. The number of nitrogens with zero attached hydrogens (tertiary/aromatic N) is 5. The molecule has 2 aromatic heterocycles. The molecule has 0 bridgehead atoms. The normalized spacial score (nSPS) is 13.6. The molecule has 0 radical (unpaired) electrons. The van der Waals surface area contributed by atoms with E-state index in [4.69, 9.17) is 24.4 Å². The quantitative estimate of drug-likeness (QED) is 0.323. The Balaban J connectivity index is 0.000000638. The highest BCUT2D eigenvalue weighted by Gasteiger charge is 2.38. The van der Waals surface area contributed by atoms with Crippen molar-refractivity contribution in [3.8, 4) is 11.8 Å². The zero-order chi connectivity index (χ0) is 28.3. The second-order valence-corrected chi connectivity index (χ2v) is 7.92. The lowest BCUT2D eigenvalue weighted by molar-refractivity contribution is -0.192. The van der Waals surface area contributed by atoms with Gasteiger partial charge in [-0.25, -0.2) is 9.59 Å². The van der Waals surface area contributed by atoms with Crippen LogP contribution in [0.2, 0.25) is 0 Å². The molecule has 0 unspecified atom stereocenters. The molecule has 0 atom stereocenters. The highest BCUT2D eigenvalue weighted by molar-refractivity contribution is 5.75. The van der Waals surface area contributed by atoms with Gasteiger partial charge in [-0.3, -0.25) is 18.5 Å². The van der Waals surface area contributed by atoms with Gasteiger partial charge in [0.25, 0.3) is 5.56 Å². The molecule has 0 amide bonds. The van der Waals surface area contributed by atoms with Crippen molar-refractivity contribution in [1.82, 2.24) is 24.0 Å². The fraction of sp³-hybridized carbons (Fsp3) is 0.652. The molecule has 2 N–H and O–H groups in total. The molecule has 12 nitrogen and oxygen atoms in total. The third-order valence-electron chi connectivity index (χ3n) is 5.48. The summed E-state index contributed by atoms with van der Waals surface area (Å²) in [6.45, 7) is 11.3. The molecule has 38 heavy (non-hydrogen) atoms. The molecule has 1 aliphatic heterocycles. The predicted molar refractivity (Wildman–Crippen MR) is 133 cm³/mol. The van der Waals surface area contributed by atoms with Gasteiger partial charge in [0.1, 0.15) is 0 Å². The number of carboxylic acids is 1. The summed E-state index contributed by atoms with van der Waals surface area (Å²) >= 11 is 0. The van der Waals surface area contributed by atoms with Crippen molar-refractivity contribution in [3.63, 3.8) is 0 Å². The van der Waals surface area contributed by atoms with Crippen LogP contribution in [0.25, 0.3) is 11.2 Å². The number of hydrogen-bond acceptors (Lipinski definition) is 8. The molecular weight excluding hydrogens is 513 g/mol. The van der Waals surface area contributed by atoms with E-state index in [0.29, 0.717) is 50.0 Å². The minimum atomic E-state index is -5.08. The number of fused-ring (bicyclic) bond motifs is 1. The number of halogens is 3. The van der Waals surface area contributed by atoms with Crippen LogP contribution in [0.5, 0.6) is 0 Å². The third kappa shape index (κ3) is 7.83. The van der Waals surface area contributed by atoms with Crippen LogP contribution < -0.4 is 21.5 Å². The van der Waals surface area contributed by atoms with Crippen molar-refractivity contribution in [2.24, 2.45) is 0 Å². The SMILES string of the molecule is CC#CCn1c(N2CCNCC2)nc2c1c(=O)n(CCOCC)c(=O)n2CCOCC.O=C(O)C(F)(F)F. The van der Waals surface area contributed by atoms with Crippen LogP contribution in [0.3, 0.4) is 0 Å². The molecule has 2 aromatic rings. The van der Waals surface area contributed by atoms with E-state index in [2.05, 4.69) is 22.1 Å². The Bertz CT molecular complexity index is 1250. The minimum absolute atomic E-state index is 0.184. The van der Waals surface area contributed by atoms with Crippen LogP contribution in [-0.4, -0.2) is 88.5 Å². The number of aromatic nitrogens is 4. The number of anilines is 1. The zero-order valence-electron chi connectivity index (χ0n) is 21.6. The van der Waals surface area contributed by atoms with Crippen LogP contribution in [0.4, 0.5) is 19.1 Å². The van der Waals surface area contributed by atoms with Gasteiger partial charge in [-0.15, -0.1) is 5.92 Å². The largest absolute Gasteiger partial charge is 0.490 e. The Labute approximate surface area is 216 Å². The zero-order valence-corrected chi connectivity index (χ0v) is 21.6. The van der Waals surface area contributed by atoms with Crippen molar-refractivity contribution >= 4 is 23.1 Å². The number of imidazole rings is 1. The first kappa shape index (κ1) is 30.9. The van der Waals surface area contributed by atoms with Gasteiger partial charge in [-0.1, -0.05) is 5.92 Å². The lowest BCUT2D eigenvalue weighted by Gasteiger charge is -2.28. The third-order valence-corrected chi connectivity index (χ3v) is 5.48. The van der Waals surface area contributed by atoms with E-state index in [1.807, 2.05) is 18.4 Å². The Morgan fingerprint density at radius 2 is 1.61 bits per heavy atom. The van der Waals surface area contributed by atoms with Gasteiger partial charge in [0.2, 0.25) is 5.95 Å². The van der Waals surface area contributed by atoms with Crippen LogP contribution in [0, 0.1) is 11.8 Å². The number of alkyl halides is 3. The fourth-order valence-electron chi connectivity index (χ4n) is 3.69. The Morgan fingerprint density at radius 1 is 1.05 bits per heavy atom. The molecule has 0 aliphatic carbocycles. The number of nitrogens with one attached hydrogen (secondary N) is 1. The molecule has 3 rings (SSSR count). The number of piperazine rings is 1. The van der Waals surface area contributed by atoms with Crippen LogP contribution >= 0.6 is 0 Å². The first-order chi connectivity index (χ1) is 18.1. The maximum atomic E-state index is 13.4. The summed E-state index contributed by atoms with van der Waals surface area (Å²) in [5.74, 6) is 3.86. The summed E-state index contributed by atoms with van der Waals surface area (Å²) in [6.07, 6.45) is -5.08. The van der Waals surface area contributed by atoms with Gasteiger partial charge in [-0.05, 0) is 20.8 Å². The van der Waals surface area contributed by atoms with Gasteiger partial charge in [-0.2, -0.15) is 18.2 Å². The monoisotopic (exact) mass is 546 g/mol. The van der Waals surface area contributed by atoms with Gasteiger partial charge >= 0.3 is 17.8 Å². The van der Waals surface area contributed by atoms with Gasteiger partial charge < -0.3 is 24.8 Å². The summed E-state index contributed by atoms with van der Waals surface area (Å²) < 4.78 is 47.2. The fourth-order valence-corrected chi connectivity index (χ4v) is 3.69. The Kier molecular flexibility index (Phi) is 11.8. The van der Waals surface area contributed by atoms with Gasteiger partial charge in [0, 0.05) is 39.4 Å². The van der Waals surface area contributed by atoms with Crippen molar-refractivity contribution in [3.05, 3.63) is 20.8 Å². The summed E-state index contributed by atoms with van der Waals surface area (Å²) in [4.78, 5) is 42.5. The summed E-state index contributed by atoms with van der Waals surface area (Å²) in [7, 11) is 0. The smallest absolute Gasteiger partial charge is 0.475 e. The molecule has 1 saturated heterocycles. The van der Waals surface area contributed by atoms with E-state index in [0.717, 1.165) is 26.2 Å². The number of aliphatic carboxylic acids is 1. The lowest BCUT2D eigenvalue weighted by atomic mass is 10.4. The van der Waals surface area contributed by atoms with Crippen molar-refractivity contribution in [2.75, 3.05) is 57.5 Å². The van der Waals surface area contributed by atoms with Crippen LogP contribution in [-0.2, 0) is 33.9 Å². The standard InChI is InChI=1S/C21H32N6O4.C2HF3O2/c1-4-7-10-25-17-18(23-20(25)24-11-8-22-9-12-24)26(13-15-30-5-2)21(29)27(19(17)28)14-16-31-6-3;3-2(4,5)1(6)7/h22H,5-6,8-16H2,1-3H3;(H,6,7). The van der Waals surface area contributed by atoms with Crippen LogP contribution in [0.1, 0.15) is 20.8 Å². The first-order valence-electron chi connectivity index (χ1n) is 12.1. The van der Waals surface area contributed by atoms with Crippen molar-refractivity contribution in [2.45, 2.75) is 46.6 Å². The van der Waals surface area contributed by atoms with E-state index in [1.54, 1.807) is 11.5 Å². The first-order valence-corrected chi connectivity index (χ1v) is 12.1. The molecule has 15 heteroatoms. The summed E-state index contributed by atoms with van der Waals surface area (Å²) in [5.41, 5.74) is 0.0202. The van der Waals surface area contributed by atoms with Crippen molar-refractivity contribution in [1.29, 1.82) is 0 Å². The molecule has 0 saturated carbocycles. The van der Waals surface area contributed by atoms with E-state index < -0.39 is 17.8 Å². The van der Waals surface area contributed by atoms with Gasteiger partial charge in [0.15, 0.2) is 11.2 Å². The summed E-state index contributed by atoms with van der Waals surface area (Å²) in [6, 6.07) is 0. The summed E-state index contributed by atoms with van der Waals surface area (Å²) in [5, 5.41) is 10.5. The van der Waals surface area contributed by atoms with E-state index >= 15 is 0 Å². The average molecular weight is 547 g/mol. The molecule has 1 fully saturated rings. The highest BCUT2D eigenvalue weighted by Crippen LogP contribution is 2.20. The highest BCUT2D eigenvalue weighted by atomic mass is 19.4. The number of ether oxygens (including phenoxy) is 2. The molecule has 0 spiro atoms. The molecule has 3 heterocycles. The molecule has 212 valence electrons. The molecule has 1 aliphatic rings. The minimum Gasteiger partial charge on any atom is -0.475 e. The number of carbonyl (C=O) groups is 1. The number of carboxylic acid groups (broad SMARTS) is 1. The maximum Gasteiger partial charge on any atom is 0.490 e. The van der Waals surface area contributed by atoms with Gasteiger partial charge in [0.05, 0.1) is 32.8 Å². The van der Waals surface area contributed by atoms with E-state index in [9.17, 15) is 22.8 Å². The van der Waals surface area contributed by atoms with E-state index in [-0.39, 0.29) is 18.7 Å². The molecule has 0 aromatic carbocycles. The second-order valence-electron chi connectivity index (χ2n) is 7.92. The average Bonchev–Trinajstić information content (AvgIpc) is 3.26. The number of hydrogen-bond donors (Lipinski definition) is 2. The van der Waals surface area contributed by atoms with Crippen LogP contribution in [0.15, 0.2) is 9.59 Å². The topological polar surface area (TPSA) is 133 Å². The second kappa shape index (κ2) is 14.6. The maximum absolute atomic E-state index is 13.4. The predicted octanol–water partition coefficient (Wildman–Crippen LogP) is 0.499. The molecular formula is C23H33F3N6O6. The van der Waals surface area contributed by atoms with E-state index in [1.165, 1.54) is 4.57 Å². The van der Waals surface area contributed by atoms with Crippen molar-refractivity contribution < 1.29 is 32.5 Å². The Morgan fingerprint density at radius 3 is 2.11 bits per heavy atom. The number of rotatable bonds is 10.